The Morgan fingerprint density at radius 2 is 2.25 bits per heavy atom. The quantitative estimate of drug-likeness (QED) is 0.860. The van der Waals surface area contributed by atoms with Crippen molar-refractivity contribution >= 4 is 28.9 Å². The number of nitrogens with zero attached hydrogens (tertiary/aromatic N) is 1. The smallest absolute Gasteiger partial charge is 0.339 e. The van der Waals surface area contributed by atoms with Gasteiger partial charge in [-0.15, -0.1) is 11.3 Å². The highest BCUT2D eigenvalue weighted by atomic mass is 35.5. The van der Waals surface area contributed by atoms with Crippen LogP contribution in [0, 0.1) is 0 Å². The molecule has 0 bridgehead atoms. The zero-order valence-electron chi connectivity index (χ0n) is 11.2. The minimum absolute atomic E-state index is 0.203. The normalized spacial score (nSPS) is 12.2. The summed E-state index contributed by atoms with van der Waals surface area (Å²) in [7, 11) is 1.35. The van der Waals surface area contributed by atoms with E-state index in [9.17, 15) is 4.79 Å². The average molecular weight is 311 g/mol. The van der Waals surface area contributed by atoms with Gasteiger partial charge < -0.3 is 10.1 Å². The molecule has 0 aliphatic rings. The van der Waals surface area contributed by atoms with Crippen molar-refractivity contribution in [2.24, 2.45) is 0 Å². The summed E-state index contributed by atoms with van der Waals surface area (Å²) in [5, 5.41) is 3.36. The van der Waals surface area contributed by atoms with Gasteiger partial charge in [0.15, 0.2) is 0 Å². The molecule has 106 valence electrons. The van der Waals surface area contributed by atoms with Crippen LogP contribution in [-0.4, -0.2) is 18.1 Å². The van der Waals surface area contributed by atoms with Crippen molar-refractivity contribution in [3.63, 3.8) is 0 Å². The van der Waals surface area contributed by atoms with E-state index >= 15 is 0 Å². The second kappa shape index (κ2) is 6.83. The molecule has 0 saturated heterocycles. The fraction of sp³-hybridized carbons (Fsp3) is 0.286. The SMILES string of the molecule is COC(=O)c1ccc(CNC(C)c2ccc(Cl)s2)nc1. The number of halogens is 1. The number of esters is 1. The van der Waals surface area contributed by atoms with Gasteiger partial charge in [0.2, 0.25) is 0 Å². The van der Waals surface area contributed by atoms with Gasteiger partial charge in [0.05, 0.1) is 22.7 Å². The largest absolute Gasteiger partial charge is 0.465 e. The Labute approximate surface area is 126 Å². The molecule has 2 rings (SSSR count). The van der Waals surface area contributed by atoms with E-state index in [1.807, 2.05) is 18.2 Å². The summed E-state index contributed by atoms with van der Waals surface area (Å²) in [6.45, 7) is 2.70. The first kappa shape index (κ1) is 15.0. The summed E-state index contributed by atoms with van der Waals surface area (Å²) >= 11 is 7.48. The van der Waals surface area contributed by atoms with Gasteiger partial charge in [-0.3, -0.25) is 4.98 Å². The monoisotopic (exact) mass is 310 g/mol. The number of carbonyl (C=O) groups is 1. The van der Waals surface area contributed by atoms with Crippen LogP contribution in [0.2, 0.25) is 4.34 Å². The molecule has 20 heavy (non-hydrogen) atoms. The fourth-order valence-corrected chi connectivity index (χ4v) is 2.77. The number of hydrogen-bond acceptors (Lipinski definition) is 5. The Balaban J connectivity index is 1.92. The summed E-state index contributed by atoms with van der Waals surface area (Å²) in [6, 6.07) is 7.63. The molecule has 0 saturated carbocycles. The molecule has 2 aromatic heterocycles. The first-order valence-corrected chi connectivity index (χ1v) is 7.31. The summed E-state index contributed by atoms with van der Waals surface area (Å²) in [6.07, 6.45) is 1.52. The van der Waals surface area contributed by atoms with Gasteiger partial charge in [0.25, 0.3) is 0 Å². The van der Waals surface area contributed by atoms with E-state index in [1.54, 1.807) is 17.4 Å². The molecule has 0 amide bonds. The van der Waals surface area contributed by atoms with E-state index in [0.29, 0.717) is 12.1 Å². The van der Waals surface area contributed by atoms with Crippen molar-refractivity contribution in [3.8, 4) is 0 Å². The van der Waals surface area contributed by atoms with Gasteiger partial charge in [-0.05, 0) is 31.2 Å². The molecule has 4 nitrogen and oxygen atoms in total. The number of pyridine rings is 1. The second-order valence-electron chi connectivity index (χ2n) is 4.27. The van der Waals surface area contributed by atoms with Crippen molar-refractivity contribution in [3.05, 3.63) is 50.9 Å². The highest BCUT2D eigenvalue weighted by molar-refractivity contribution is 7.16. The molecular weight excluding hydrogens is 296 g/mol. The number of thiophene rings is 1. The summed E-state index contributed by atoms with van der Waals surface area (Å²) < 4.78 is 5.42. The van der Waals surface area contributed by atoms with Crippen LogP contribution in [0.25, 0.3) is 0 Å². The first-order valence-electron chi connectivity index (χ1n) is 6.12. The summed E-state index contributed by atoms with van der Waals surface area (Å²) in [5.74, 6) is -0.376. The third kappa shape index (κ3) is 3.79. The van der Waals surface area contributed by atoms with Crippen LogP contribution < -0.4 is 5.32 Å². The maximum atomic E-state index is 11.3. The lowest BCUT2D eigenvalue weighted by Crippen LogP contribution is -2.18. The molecule has 0 fully saturated rings. The van der Waals surface area contributed by atoms with Crippen LogP contribution in [0.5, 0.6) is 0 Å². The molecule has 0 aliphatic heterocycles. The zero-order chi connectivity index (χ0) is 14.5. The Bertz CT molecular complexity index is 583. The predicted octanol–water partition coefficient (Wildman–Crippen LogP) is 3.43. The zero-order valence-corrected chi connectivity index (χ0v) is 12.8. The lowest BCUT2D eigenvalue weighted by molar-refractivity contribution is 0.0600. The van der Waals surface area contributed by atoms with Gasteiger partial charge in [-0.2, -0.15) is 0 Å². The van der Waals surface area contributed by atoms with E-state index in [-0.39, 0.29) is 12.0 Å². The van der Waals surface area contributed by atoms with Crippen LogP contribution in [-0.2, 0) is 11.3 Å². The molecule has 0 radical (unpaired) electrons. The first-order chi connectivity index (χ1) is 9.60. The van der Waals surface area contributed by atoms with Crippen molar-refractivity contribution < 1.29 is 9.53 Å². The van der Waals surface area contributed by atoms with E-state index in [2.05, 4.69) is 22.0 Å². The topological polar surface area (TPSA) is 51.2 Å². The highest BCUT2D eigenvalue weighted by Crippen LogP contribution is 2.26. The van der Waals surface area contributed by atoms with Crippen molar-refractivity contribution in [2.45, 2.75) is 19.5 Å². The van der Waals surface area contributed by atoms with Crippen LogP contribution in [0.1, 0.15) is 33.9 Å². The molecule has 0 aliphatic carbocycles. The van der Waals surface area contributed by atoms with Crippen LogP contribution in [0.15, 0.2) is 30.5 Å². The molecule has 2 heterocycles. The van der Waals surface area contributed by atoms with E-state index < -0.39 is 0 Å². The van der Waals surface area contributed by atoms with Gasteiger partial charge in [0, 0.05) is 23.7 Å². The van der Waals surface area contributed by atoms with E-state index in [0.717, 1.165) is 10.0 Å². The minimum atomic E-state index is -0.376. The van der Waals surface area contributed by atoms with Crippen molar-refractivity contribution in [1.29, 1.82) is 0 Å². The molecule has 1 unspecified atom stereocenters. The number of hydrogen-bond donors (Lipinski definition) is 1. The minimum Gasteiger partial charge on any atom is -0.465 e. The molecule has 1 atom stereocenters. The van der Waals surface area contributed by atoms with Gasteiger partial charge >= 0.3 is 5.97 Å². The molecule has 0 aromatic carbocycles. The standard InChI is InChI=1S/C14H15ClN2O2S/c1-9(12-5-6-13(15)20-12)16-8-11-4-3-10(7-17-11)14(18)19-2/h3-7,9,16H,8H2,1-2H3. The Morgan fingerprint density at radius 3 is 2.80 bits per heavy atom. The van der Waals surface area contributed by atoms with Crippen molar-refractivity contribution in [2.75, 3.05) is 7.11 Å². The maximum Gasteiger partial charge on any atom is 0.339 e. The number of ether oxygens (including phenoxy) is 1. The highest BCUT2D eigenvalue weighted by Gasteiger charge is 2.09. The number of aromatic nitrogens is 1. The lowest BCUT2D eigenvalue weighted by atomic mass is 10.2. The van der Waals surface area contributed by atoms with Crippen molar-refractivity contribution in [1.82, 2.24) is 10.3 Å². The molecule has 1 N–H and O–H groups in total. The number of carbonyl (C=O) groups excluding carboxylic acids is 1. The molecular formula is C14H15ClN2O2S. The summed E-state index contributed by atoms with van der Waals surface area (Å²) in [5.41, 5.74) is 1.32. The summed E-state index contributed by atoms with van der Waals surface area (Å²) in [4.78, 5) is 16.7. The van der Waals surface area contributed by atoms with Crippen LogP contribution in [0.4, 0.5) is 0 Å². The van der Waals surface area contributed by atoms with Gasteiger partial charge in [-0.25, -0.2) is 4.79 Å². The lowest BCUT2D eigenvalue weighted by Gasteiger charge is -2.11. The van der Waals surface area contributed by atoms with Crippen LogP contribution in [0.3, 0.4) is 0 Å². The predicted molar refractivity (Wildman–Crippen MR) is 80.2 cm³/mol. The van der Waals surface area contributed by atoms with Crippen LogP contribution >= 0.6 is 22.9 Å². The molecule has 2 aromatic rings. The van der Waals surface area contributed by atoms with E-state index in [4.69, 9.17) is 11.6 Å². The third-order valence-corrected chi connectivity index (χ3v) is 4.27. The third-order valence-electron chi connectivity index (χ3n) is 2.86. The van der Waals surface area contributed by atoms with Gasteiger partial charge in [-0.1, -0.05) is 11.6 Å². The number of rotatable bonds is 5. The van der Waals surface area contributed by atoms with Gasteiger partial charge in [0.1, 0.15) is 0 Å². The molecule has 0 spiro atoms. The fourth-order valence-electron chi connectivity index (χ4n) is 1.69. The average Bonchev–Trinajstić information content (AvgIpc) is 2.91. The Hall–Kier alpha value is -1.43. The number of methoxy groups -OCH3 is 1. The number of nitrogens with one attached hydrogen (secondary N) is 1. The molecule has 6 heteroatoms. The maximum absolute atomic E-state index is 11.3. The van der Waals surface area contributed by atoms with E-state index in [1.165, 1.54) is 18.2 Å². The second-order valence-corrected chi connectivity index (χ2v) is 6.02. The Morgan fingerprint density at radius 1 is 1.45 bits per heavy atom. The Kier molecular flexibility index (Phi) is 5.11.